The van der Waals surface area contributed by atoms with E-state index in [1.54, 1.807) is 30.3 Å². The van der Waals surface area contributed by atoms with Gasteiger partial charge in [-0.05, 0) is 67.8 Å². The van der Waals surface area contributed by atoms with Gasteiger partial charge in [0.1, 0.15) is 11.5 Å². The molecule has 0 aliphatic heterocycles. The minimum absolute atomic E-state index is 0.0690. The Kier molecular flexibility index (Phi) is 8.60. The first-order chi connectivity index (χ1) is 13.5. The number of nitrogens with two attached hydrogens (primary N) is 1. The molecule has 0 atom stereocenters. The number of hydrogen-bond donors (Lipinski definition) is 1. The number of rotatable bonds is 11. The lowest BCUT2D eigenvalue weighted by Gasteiger charge is -2.14. The van der Waals surface area contributed by atoms with Crippen molar-refractivity contribution in [2.24, 2.45) is 0 Å². The van der Waals surface area contributed by atoms with Gasteiger partial charge in [-0.1, -0.05) is 26.7 Å². The van der Waals surface area contributed by atoms with Crippen LogP contribution in [-0.4, -0.2) is 19.0 Å². The van der Waals surface area contributed by atoms with Crippen molar-refractivity contribution in [3.63, 3.8) is 0 Å². The largest absolute Gasteiger partial charge is 0.493 e. The van der Waals surface area contributed by atoms with E-state index in [0.29, 0.717) is 24.5 Å². The van der Waals surface area contributed by atoms with E-state index in [4.69, 9.17) is 15.2 Å². The van der Waals surface area contributed by atoms with E-state index in [0.717, 1.165) is 48.3 Å². The van der Waals surface area contributed by atoms with Crippen LogP contribution in [0.2, 0.25) is 0 Å². The molecule has 2 aromatic rings. The molecule has 28 heavy (non-hydrogen) atoms. The summed E-state index contributed by atoms with van der Waals surface area (Å²) in [6.45, 7) is 7.61. The predicted octanol–water partition coefficient (Wildman–Crippen LogP) is 5.83. The highest BCUT2D eigenvalue weighted by atomic mass is 16.5. The Hall–Kier alpha value is -2.75. The van der Waals surface area contributed by atoms with E-state index in [2.05, 4.69) is 13.8 Å². The first kappa shape index (κ1) is 21.5. The van der Waals surface area contributed by atoms with Crippen LogP contribution in [0.1, 0.15) is 61.0 Å². The minimum Gasteiger partial charge on any atom is -0.493 e. The number of hydrogen-bond acceptors (Lipinski definition) is 4. The van der Waals surface area contributed by atoms with Crippen LogP contribution < -0.4 is 15.2 Å². The van der Waals surface area contributed by atoms with Crippen LogP contribution in [0.25, 0.3) is 6.08 Å². The third kappa shape index (κ3) is 6.45. The van der Waals surface area contributed by atoms with Crippen molar-refractivity contribution >= 4 is 17.5 Å². The Balaban J connectivity index is 2.22. The van der Waals surface area contributed by atoms with Crippen LogP contribution in [-0.2, 0) is 0 Å². The summed E-state index contributed by atoms with van der Waals surface area (Å²) in [5.74, 6) is 1.51. The fourth-order valence-electron chi connectivity index (χ4n) is 2.66. The van der Waals surface area contributed by atoms with Gasteiger partial charge in [0, 0.05) is 22.9 Å². The molecule has 0 amide bonds. The number of carbonyl (C=O) groups is 1. The lowest BCUT2D eigenvalue weighted by Crippen LogP contribution is -2.02. The van der Waals surface area contributed by atoms with Crippen molar-refractivity contribution in [1.29, 1.82) is 0 Å². The number of nitrogen functional groups attached to an aromatic ring is 1. The number of carbonyl (C=O) groups excluding carboxylic acids is 1. The first-order valence-corrected chi connectivity index (χ1v) is 10.0. The summed E-state index contributed by atoms with van der Waals surface area (Å²) in [7, 11) is 0. The molecule has 0 spiro atoms. The molecule has 0 radical (unpaired) electrons. The maximum absolute atomic E-state index is 12.4. The highest BCUT2D eigenvalue weighted by Gasteiger charge is 2.09. The van der Waals surface area contributed by atoms with Crippen LogP contribution in [0, 0.1) is 6.92 Å². The smallest absolute Gasteiger partial charge is 0.185 e. The number of benzene rings is 2. The van der Waals surface area contributed by atoms with Crippen molar-refractivity contribution in [1.82, 2.24) is 0 Å². The monoisotopic (exact) mass is 381 g/mol. The maximum Gasteiger partial charge on any atom is 0.185 e. The van der Waals surface area contributed by atoms with Gasteiger partial charge in [-0.15, -0.1) is 0 Å². The number of ketones is 1. The highest BCUT2D eigenvalue weighted by molar-refractivity contribution is 6.07. The molecule has 0 fully saturated rings. The van der Waals surface area contributed by atoms with Crippen LogP contribution in [0.5, 0.6) is 11.5 Å². The summed E-state index contributed by atoms with van der Waals surface area (Å²) in [5, 5.41) is 0. The average molecular weight is 382 g/mol. The third-order valence-corrected chi connectivity index (χ3v) is 4.43. The number of allylic oxidation sites excluding steroid dienone is 1. The first-order valence-electron chi connectivity index (χ1n) is 10.0. The van der Waals surface area contributed by atoms with E-state index in [9.17, 15) is 4.79 Å². The number of ether oxygens (including phenoxy) is 2. The molecule has 0 saturated heterocycles. The predicted molar refractivity (Wildman–Crippen MR) is 116 cm³/mol. The van der Waals surface area contributed by atoms with Gasteiger partial charge in [0.2, 0.25) is 0 Å². The Morgan fingerprint density at radius 2 is 1.57 bits per heavy atom. The van der Waals surface area contributed by atoms with Crippen molar-refractivity contribution in [2.45, 2.75) is 46.5 Å². The standard InChI is InChI=1S/C24H31NO3/c1-4-6-14-27-23-17-24(28-15-7-5-2)20(16-18(23)3)10-13-22(26)19-8-11-21(25)12-9-19/h8-13,16-17H,4-7,14-15,25H2,1-3H3. The van der Waals surface area contributed by atoms with Gasteiger partial charge >= 0.3 is 0 Å². The number of aryl methyl sites for hydroxylation is 1. The molecule has 2 aromatic carbocycles. The van der Waals surface area contributed by atoms with Gasteiger partial charge in [0.25, 0.3) is 0 Å². The van der Waals surface area contributed by atoms with Crippen molar-refractivity contribution in [3.05, 3.63) is 59.2 Å². The molecule has 0 unspecified atom stereocenters. The molecule has 150 valence electrons. The molecule has 0 bridgehead atoms. The Bertz CT molecular complexity index is 794. The number of unbranched alkanes of at least 4 members (excludes halogenated alkanes) is 2. The molecule has 0 saturated carbocycles. The lowest BCUT2D eigenvalue weighted by molar-refractivity contribution is 0.104. The van der Waals surface area contributed by atoms with Gasteiger partial charge < -0.3 is 15.2 Å². The average Bonchev–Trinajstić information content (AvgIpc) is 2.69. The Morgan fingerprint density at radius 1 is 0.964 bits per heavy atom. The zero-order chi connectivity index (χ0) is 20.4. The van der Waals surface area contributed by atoms with Crippen LogP contribution >= 0.6 is 0 Å². The van der Waals surface area contributed by atoms with E-state index < -0.39 is 0 Å². The van der Waals surface area contributed by atoms with E-state index in [-0.39, 0.29) is 5.78 Å². The summed E-state index contributed by atoms with van der Waals surface area (Å²) in [4.78, 5) is 12.4. The normalized spacial score (nSPS) is 11.0. The summed E-state index contributed by atoms with van der Waals surface area (Å²) in [5.41, 5.74) is 8.83. The zero-order valence-electron chi connectivity index (χ0n) is 17.2. The third-order valence-electron chi connectivity index (χ3n) is 4.43. The van der Waals surface area contributed by atoms with Crippen molar-refractivity contribution < 1.29 is 14.3 Å². The maximum atomic E-state index is 12.4. The Morgan fingerprint density at radius 3 is 2.18 bits per heavy atom. The second-order valence-electron chi connectivity index (χ2n) is 6.88. The van der Waals surface area contributed by atoms with E-state index >= 15 is 0 Å². The molecule has 2 N–H and O–H groups in total. The van der Waals surface area contributed by atoms with E-state index in [1.807, 2.05) is 25.1 Å². The molecule has 4 heteroatoms. The molecule has 0 aliphatic rings. The second-order valence-corrected chi connectivity index (χ2v) is 6.88. The van der Waals surface area contributed by atoms with Crippen LogP contribution in [0.15, 0.2) is 42.5 Å². The summed E-state index contributed by atoms with van der Waals surface area (Å²) < 4.78 is 11.9. The topological polar surface area (TPSA) is 61.5 Å². The fourth-order valence-corrected chi connectivity index (χ4v) is 2.66. The summed E-state index contributed by atoms with van der Waals surface area (Å²) in [6, 6.07) is 10.9. The highest BCUT2D eigenvalue weighted by Crippen LogP contribution is 2.30. The SMILES string of the molecule is CCCCOc1cc(OCCCC)c(C=CC(=O)c2ccc(N)cc2)cc1C. The van der Waals surface area contributed by atoms with Gasteiger partial charge in [-0.2, -0.15) is 0 Å². The zero-order valence-corrected chi connectivity index (χ0v) is 17.2. The van der Waals surface area contributed by atoms with E-state index in [1.165, 1.54) is 0 Å². The number of anilines is 1. The van der Waals surface area contributed by atoms with Gasteiger partial charge in [-0.25, -0.2) is 0 Å². The van der Waals surface area contributed by atoms with Crippen LogP contribution in [0.3, 0.4) is 0 Å². The van der Waals surface area contributed by atoms with Gasteiger partial charge in [0.05, 0.1) is 13.2 Å². The quantitative estimate of drug-likeness (QED) is 0.230. The van der Waals surface area contributed by atoms with Crippen molar-refractivity contribution in [3.8, 4) is 11.5 Å². The molecular weight excluding hydrogens is 350 g/mol. The molecular formula is C24H31NO3. The fraction of sp³-hybridized carbons (Fsp3) is 0.375. The Labute approximate surface area is 168 Å². The molecule has 0 aromatic heterocycles. The summed E-state index contributed by atoms with van der Waals surface area (Å²) >= 11 is 0. The van der Waals surface area contributed by atoms with Crippen LogP contribution in [0.4, 0.5) is 5.69 Å². The molecule has 0 heterocycles. The second kappa shape index (κ2) is 11.2. The van der Waals surface area contributed by atoms with Gasteiger partial charge in [-0.3, -0.25) is 4.79 Å². The molecule has 0 aliphatic carbocycles. The lowest BCUT2D eigenvalue weighted by atomic mass is 10.1. The minimum atomic E-state index is -0.0690. The van der Waals surface area contributed by atoms with Gasteiger partial charge in [0.15, 0.2) is 5.78 Å². The van der Waals surface area contributed by atoms with Crippen molar-refractivity contribution in [2.75, 3.05) is 18.9 Å². The molecule has 2 rings (SSSR count). The summed E-state index contributed by atoms with van der Waals surface area (Å²) in [6.07, 6.45) is 7.53. The molecule has 4 nitrogen and oxygen atoms in total.